The largest absolute Gasteiger partial charge is 0.256 e. The molecule has 0 N–H and O–H groups in total. The summed E-state index contributed by atoms with van der Waals surface area (Å²) in [6, 6.07) is 57.5. The van der Waals surface area contributed by atoms with Crippen molar-refractivity contribution >= 4 is 38.3 Å². The van der Waals surface area contributed by atoms with Crippen molar-refractivity contribution in [1.29, 1.82) is 0 Å². The zero-order valence-electron chi connectivity index (χ0n) is 30.0. The molecule has 0 unspecified atom stereocenters. The maximum absolute atomic E-state index is 7.60. The lowest BCUT2D eigenvalue weighted by atomic mass is 9.90. The van der Waals surface area contributed by atoms with Crippen molar-refractivity contribution in [3.8, 4) is 67.5 Å². The Kier molecular flexibility index (Phi) is 8.09. The molecule has 6 nitrogen and oxygen atoms in total. The number of aromatic nitrogens is 5. The molecule has 6 heteroatoms. The summed E-state index contributed by atoms with van der Waals surface area (Å²) in [6.07, 6.45) is 3.69. The Morgan fingerprint density at radius 1 is 0.339 bits per heavy atom. The highest BCUT2D eigenvalue weighted by Gasteiger charge is 2.17. The molecule has 0 fully saturated rings. The molecule has 0 bridgehead atoms. The van der Waals surface area contributed by atoms with Gasteiger partial charge in [-0.15, -0.1) is 0 Å². The Hall–Kier alpha value is -7.88. The lowest BCUT2D eigenvalue weighted by Crippen LogP contribution is -2.00. The van der Waals surface area contributed by atoms with E-state index in [1.807, 2.05) is 109 Å². The van der Waals surface area contributed by atoms with E-state index in [-0.39, 0.29) is 0 Å². The van der Waals surface area contributed by atoms with Gasteiger partial charge in [0.1, 0.15) is 0 Å². The second-order valence-electron chi connectivity index (χ2n) is 13.6. The van der Waals surface area contributed by atoms with Crippen LogP contribution < -0.4 is 0 Å². The van der Waals surface area contributed by atoms with Crippen LogP contribution in [0.4, 0.5) is 5.69 Å². The Balaban J connectivity index is 1.11. The lowest BCUT2D eigenvalue weighted by Gasteiger charge is -2.15. The van der Waals surface area contributed by atoms with Crippen molar-refractivity contribution in [2.45, 2.75) is 0 Å². The predicted molar refractivity (Wildman–Crippen MR) is 227 cm³/mol. The van der Waals surface area contributed by atoms with Crippen LogP contribution in [-0.2, 0) is 0 Å². The fourth-order valence-electron chi connectivity index (χ4n) is 7.53. The Labute approximate surface area is 323 Å². The molecule has 10 aromatic rings. The average Bonchev–Trinajstić information content (AvgIpc) is 3.29. The van der Waals surface area contributed by atoms with E-state index in [1.54, 1.807) is 0 Å². The zero-order chi connectivity index (χ0) is 37.4. The van der Waals surface area contributed by atoms with E-state index in [0.29, 0.717) is 23.2 Å². The van der Waals surface area contributed by atoms with E-state index in [9.17, 15) is 0 Å². The monoisotopic (exact) mass is 714 g/mol. The minimum atomic E-state index is 0.598. The molecule has 0 atom stereocenters. The topological polar surface area (TPSA) is 68.8 Å². The van der Waals surface area contributed by atoms with Crippen molar-refractivity contribution in [2.24, 2.45) is 0 Å². The first-order valence-electron chi connectivity index (χ1n) is 18.4. The van der Waals surface area contributed by atoms with Crippen molar-refractivity contribution in [3.63, 3.8) is 0 Å². The number of nitrogens with zero attached hydrogens (tertiary/aromatic N) is 6. The van der Waals surface area contributed by atoms with Crippen LogP contribution in [-0.4, -0.2) is 24.9 Å². The summed E-state index contributed by atoms with van der Waals surface area (Å²) in [7, 11) is 0. The van der Waals surface area contributed by atoms with Crippen LogP contribution in [0.15, 0.2) is 182 Å². The minimum absolute atomic E-state index is 0.598. The number of hydrogen-bond acceptors (Lipinski definition) is 5. The highest BCUT2D eigenvalue weighted by atomic mass is 15.0. The van der Waals surface area contributed by atoms with Gasteiger partial charge in [-0.05, 0) is 75.5 Å². The van der Waals surface area contributed by atoms with Crippen LogP contribution in [0.3, 0.4) is 0 Å². The fraction of sp³-hybridized carbons (Fsp3) is 0. The molecule has 3 heterocycles. The third-order valence-corrected chi connectivity index (χ3v) is 10.2. The van der Waals surface area contributed by atoms with Gasteiger partial charge in [0.25, 0.3) is 0 Å². The summed E-state index contributed by atoms with van der Waals surface area (Å²) in [5.74, 6) is 1.87. The van der Waals surface area contributed by atoms with Gasteiger partial charge in [0.05, 0.1) is 17.6 Å². The summed E-state index contributed by atoms with van der Waals surface area (Å²) >= 11 is 0. The van der Waals surface area contributed by atoms with Crippen LogP contribution in [0.1, 0.15) is 0 Å². The maximum atomic E-state index is 7.60. The molecule has 7 aromatic carbocycles. The number of benzene rings is 7. The van der Waals surface area contributed by atoms with Crippen LogP contribution in [0.5, 0.6) is 0 Å². The van der Waals surface area contributed by atoms with Gasteiger partial charge in [-0.25, -0.2) is 19.8 Å². The van der Waals surface area contributed by atoms with Crippen molar-refractivity contribution in [2.75, 3.05) is 0 Å². The summed E-state index contributed by atoms with van der Waals surface area (Å²) in [5.41, 5.74) is 11.3. The molecule has 0 amide bonds. The summed E-state index contributed by atoms with van der Waals surface area (Å²) in [5, 5.41) is 4.29. The maximum Gasteiger partial charge on any atom is 0.187 e. The number of fused-ring (bicyclic) bond motifs is 5. The third kappa shape index (κ3) is 5.90. The lowest BCUT2D eigenvalue weighted by molar-refractivity contribution is 1.07. The van der Waals surface area contributed by atoms with Gasteiger partial charge in [-0.1, -0.05) is 127 Å². The molecule has 0 saturated heterocycles. The normalized spacial score (nSPS) is 11.2. The third-order valence-electron chi connectivity index (χ3n) is 10.2. The highest BCUT2D eigenvalue weighted by Crippen LogP contribution is 2.42. The molecule has 0 aliphatic heterocycles. The molecule has 10 rings (SSSR count). The SMILES string of the molecule is [C-]#[N+]c1cccc(-c2cc3c4cccnc4c(-c4cccc(-c5cccc(-c6nc(-c7ccccc7)nc(-c7ccccc7)n6)c5)c4)cc3c3cccnc23)c1. The van der Waals surface area contributed by atoms with E-state index >= 15 is 0 Å². The van der Waals surface area contributed by atoms with Crippen LogP contribution >= 0.6 is 0 Å². The first kappa shape index (κ1) is 32.7. The summed E-state index contributed by atoms with van der Waals surface area (Å²) in [6.45, 7) is 7.60. The van der Waals surface area contributed by atoms with E-state index in [4.69, 9.17) is 31.5 Å². The standard InChI is InChI=1S/C50H30N6/c1-51-39-22-10-20-37(29-39)43-31-45-40-23-11-25-52-46(40)42(30-44(45)41-24-12-26-53-47(41)43)36-19-8-17-34(27-36)35-18-9-21-38(28-35)50-55-48(32-13-4-2-5-14-32)54-49(56-50)33-15-6-3-7-16-33/h2-31H. The molecule has 0 saturated carbocycles. The van der Waals surface area contributed by atoms with E-state index in [2.05, 4.69) is 77.6 Å². The average molecular weight is 715 g/mol. The highest BCUT2D eigenvalue weighted by molar-refractivity contribution is 6.22. The number of pyridine rings is 2. The molecule has 0 aliphatic rings. The Morgan fingerprint density at radius 3 is 1.30 bits per heavy atom. The quantitative estimate of drug-likeness (QED) is 0.127. The Bertz CT molecular complexity index is 3090. The summed E-state index contributed by atoms with van der Waals surface area (Å²) < 4.78 is 0. The first-order chi connectivity index (χ1) is 27.7. The van der Waals surface area contributed by atoms with Crippen molar-refractivity contribution in [1.82, 2.24) is 24.9 Å². The molecular formula is C50H30N6. The van der Waals surface area contributed by atoms with E-state index < -0.39 is 0 Å². The van der Waals surface area contributed by atoms with Crippen molar-refractivity contribution in [3.05, 3.63) is 194 Å². The van der Waals surface area contributed by atoms with Crippen LogP contribution in [0, 0.1) is 6.57 Å². The second kappa shape index (κ2) is 13.8. The molecule has 0 spiro atoms. The second-order valence-corrected chi connectivity index (χ2v) is 13.6. The molecular weight excluding hydrogens is 685 g/mol. The van der Waals surface area contributed by atoms with E-state index in [1.165, 1.54) is 0 Å². The van der Waals surface area contributed by atoms with Crippen molar-refractivity contribution < 1.29 is 0 Å². The van der Waals surface area contributed by atoms with E-state index in [0.717, 1.165) is 82.6 Å². The van der Waals surface area contributed by atoms with Gasteiger partial charge >= 0.3 is 0 Å². The first-order valence-corrected chi connectivity index (χ1v) is 18.4. The number of hydrogen-bond donors (Lipinski definition) is 0. The van der Waals surface area contributed by atoms with Gasteiger partial charge in [0, 0.05) is 51.0 Å². The van der Waals surface area contributed by atoms with Crippen LogP contribution in [0.2, 0.25) is 0 Å². The summed E-state index contributed by atoms with van der Waals surface area (Å²) in [4.78, 5) is 28.3. The van der Waals surface area contributed by atoms with Gasteiger partial charge in [0.15, 0.2) is 23.2 Å². The molecule has 3 aromatic heterocycles. The van der Waals surface area contributed by atoms with Crippen LogP contribution in [0.25, 0.3) is 105 Å². The predicted octanol–water partition coefficient (Wildman–Crippen LogP) is 12.7. The Morgan fingerprint density at radius 2 is 0.768 bits per heavy atom. The molecule has 56 heavy (non-hydrogen) atoms. The van der Waals surface area contributed by atoms with Gasteiger partial charge in [0.2, 0.25) is 0 Å². The smallest absolute Gasteiger partial charge is 0.187 e. The van der Waals surface area contributed by atoms with Gasteiger partial charge < -0.3 is 0 Å². The zero-order valence-corrected chi connectivity index (χ0v) is 30.0. The fourth-order valence-corrected chi connectivity index (χ4v) is 7.53. The molecule has 0 aliphatic carbocycles. The van der Waals surface area contributed by atoms with Gasteiger partial charge in [-0.2, -0.15) is 0 Å². The number of rotatable bonds is 6. The molecule has 0 radical (unpaired) electrons. The molecule has 260 valence electrons. The van der Waals surface area contributed by atoms with Gasteiger partial charge in [-0.3, -0.25) is 9.97 Å². The minimum Gasteiger partial charge on any atom is -0.256 e.